The molecule has 2 rings (SSSR count). The number of benzene rings is 1. The van der Waals surface area contributed by atoms with Crippen molar-refractivity contribution in [1.29, 1.82) is 0 Å². The minimum Gasteiger partial charge on any atom is -0.493 e. The van der Waals surface area contributed by atoms with Gasteiger partial charge in [0.05, 0.1) is 12.6 Å². The fraction of sp³-hybridized carbons (Fsp3) is 0.500. The van der Waals surface area contributed by atoms with Gasteiger partial charge >= 0.3 is 0 Å². The van der Waals surface area contributed by atoms with E-state index in [2.05, 4.69) is 5.32 Å². The third-order valence-electron chi connectivity index (χ3n) is 3.32. The SMILES string of the molecule is CC(CCN)C(=O)NC1CCOc2ccccc21. The van der Waals surface area contributed by atoms with Gasteiger partial charge in [-0.3, -0.25) is 4.79 Å². The number of hydrogen-bond acceptors (Lipinski definition) is 3. The van der Waals surface area contributed by atoms with Gasteiger partial charge in [-0.2, -0.15) is 0 Å². The van der Waals surface area contributed by atoms with Crippen molar-refractivity contribution >= 4 is 5.91 Å². The van der Waals surface area contributed by atoms with Crippen LogP contribution in [0, 0.1) is 5.92 Å². The van der Waals surface area contributed by atoms with Gasteiger partial charge in [-0.25, -0.2) is 0 Å². The molecule has 1 heterocycles. The highest BCUT2D eigenvalue weighted by molar-refractivity contribution is 5.78. The number of nitrogens with one attached hydrogen (secondary N) is 1. The molecule has 4 nitrogen and oxygen atoms in total. The van der Waals surface area contributed by atoms with Gasteiger partial charge in [-0.1, -0.05) is 25.1 Å². The summed E-state index contributed by atoms with van der Waals surface area (Å²) in [6, 6.07) is 7.92. The predicted octanol–water partition coefficient (Wildman–Crippen LogP) is 1.61. The van der Waals surface area contributed by atoms with Crippen molar-refractivity contribution in [3.63, 3.8) is 0 Å². The number of carbonyl (C=O) groups is 1. The van der Waals surface area contributed by atoms with E-state index < -0.39 is 0 Å². The summed E-state index contributed by atoms with van der Waals surface area (Å²) in [5.41, 5.74) is 6.54. The van der Waals surface area contributed by atoms with Crippen molar-refractivity contribution in [1.82, 2.24) is 5.32 Å². The topological polar surface area (TPSA) is 64.4 Å². The van der Waals surface area contributed by atoms with Crippen LogP contribution in [0.4, 0.5) is 0 Å². The molecule has 1 aliphatic heterocycles. The number of carbonyl (C=O) groups excluding carboxylic acids is 1. The summed E-state index contributed by atoms with van der Waals surface area (Å²) in [6.07, 6.45) is 1.54. The lowest BCUT2D eigenvalue weighted by molar-refractivity contribution is -0.125. The Morgan fingerprint density at radius 3 is 3.11 bits per heavy atom. The van der Waals surface area contributed by atoms with Crippen LogP contribution in [0.3, 0.4) is 0 Å². The quantitative estimate of drug-likeness (QED) is 0.851. The third-order valence-corrected chi connectivity index (χ3v) is 3.32. The molecule has 0 aromatic heterocycles. The van der Waals surface area contributed by atoms with Crippen LogP contribution < -0.4 is 15.8 Å². The number of nitrogens with two attached hydrogens (primary N) is 1. The van der Waals surface area contributed by atoms with E-state index >= 15 is 0 Å². The normalized spacial score (nSPS) is 19.6. The lowest BCUT2D eigenvalue weighted by Gasteiger charge is -2.27. The van der Waals surface area contributed by atoms with E-state index in [1.165, 1.54) is 0 Å². The molecule has 4 heteroatoms. The Kier molecular flexibility index (Phi) is 4.20. The average molecular weight is 248 g/mol. The van der Waals surface area contributed by atoms with E-state index in [0.717, 1.165) is 24.2 Å². The fourth-order valence-corrected chi connectivity index (χ4v) is 2.19. The Hall–Kier alpha value is -1.55. The molecule has 0 fully saturated rings. The summed E-state index contributed by atoms with van der Waals surface area (Å²) in [5, 5.41) is 3.09. The Balaban J connectivity index is 2.05. The molecule has 0 radical (unpaired) electrons. The molecule has 0 saturated heterocycles. The van der Waals surface area contributed by atoms with Gasteiger partial charge in [0.25, 0.3) is 0 Å². The monoisotopic (exact) mass is 248 g/mol. The van der Waals surface area contributed by atoms with Crippen LogP contribution in [0.15, 0.2) is 24.3 Å². The molecule has 0 bridgehead atoms. The Morgan fingerprint density at radius 2 is 2.33 bits per heavy atom. The maximum atomic E-state index is 12.0. The van der Waals surface area contributed by atoms with Crippen LogP contribution >= 0.6 is 0 Å². The Morgan fingerprint density at radius 1 is 1.56 bits per heavy atom. The first kappa shape index (κ1) is 12.9. The van der Waals surface area contributed by atoms with Crippen LogP contribution in [0.25, 0.3) is 0 Å². The van der Waals surface area contributed by atoms with Crippen LogP contribution in [0.5, 0.6) is 5.75 Å². The minimum atomic E-state index is -0.0370. The van der Waals surface area contributed by atoms with E-state index in [1.54, 1.807) is 0 Å². The zero-order valence-corrected chi connectivity index (χ0v) is 10.7. The summed E-state index contributed by atoms with van der Waals surface area (Å²) in [6.45, 7) is 3.10. The fourth-order valence-electron chi connectivity index (χ4n) is 2.19. The van der Waals surface area contributed by atoms with Crippen molar-refractivity contribution in [3.8, 4) is 5.75 Å². The van der Waals surface area contributed by atoms with Crippen LogP contribution in [0.2, 0.25) is 0 Å². The van der Waals surface area contributed by atoms with E-state index in [4.69, 9.17) is 10.5 Å². The van der Waals surface area contributed by atoms with Crippen molar-refractivity contribution in [2.75, 3.05) is 13.2 Å². The first-order chi connectivity index (χ1) is 8.72. The third kappa shape index (κ3) is 2.82. The number of hydrogen-bond donors (Lipinski definition) is 2. The van der Waals surface area contributed by atoms with Gasteiger partial charge in [0, 0.05) is 17.9 Å². The smallest absolute Gasteiger partial charge is 0.223 e. The summed E-state index contributed by atoms with van der Waals surface area (Å²) < 4.78 is 5.57. The first-order valence-corrected chi connectivity index (χ1v) is 6.44. The molecule has 2 atom stereocenters. The molecule has 2 unspecified atom stereocenters. The maximum Gasteiger partial charge on any atom is 0.223 e. The molecule has 0 saturated carbocycles. The number of fused-ring (bicyclic) bond motifs is 1. The van der Waals surface area contributed by atoms with Gasteiger partial charge in [-0.05, 0) is 19.0 Å². The highest BCUT2D eigenvalue weighted by Crippen LogP contribution is 2.31. The maximum absolute atomic E-state index is 12.0. The van der Waals surface area contributed by atoms with E-state index in [-0.39, 0.29) is 17.9 Å². The molecule has 1 amide bonds. The summed E-state index contributed by atoms with van der Waals surface area (Å²) in [4.78, 5) is 12.0. The van der Waals surface area contributed by atoms with Gasteiger partial charge < -0.3 is 15.8 Å². The summed E-state index contributed by atoms with van der Waals surface area (Å²) >= 11 is 0. The highest BCUT2D eigenvalue weighted by Gasteiger charge is 2.24. The van der Waals surface area contributed by atoms with E-state index in [9.17, 15) is 4.79 Å². The zero-order valence-electron chi connectivity index (χ0n) is 10.7. The molecular formula is C14H20N2O2. The lowest BCUT2D eigenvalue weighted by atomic mass is 9.99. The first-order valence-electron chi connectivity index (χ1n) is 6.44. The van der Waals surface area contributed by atoms with Crippen molar-refractivity contribution in [2.45, 2.75) is 25.8 Å². The van der Waals surface area contributed by atoms with Crippen molar-refractivity contribution in [2.24, 2.45) is 11.7 Å². The lowest BCUT2D eigenvalue weighted by Crippen LogP contribution is -2.36. The van der Waals surface area contributed by atoms with Crippen molar-refractivity contribution in [3.05, 3.63) is 29.8 Å². The van der Waals surface area contributed by atoms with Gasteiger partial charge in [0.1, 0.15) is 5.75 Å². The number of para-hydroxylation sites is 1. The van der Waals surface area contributed by atoms with E-state index in [1.807, 2.05) is 31.2 Å². The molecule has 18 heavy (non-hydrogen) atoms. The molecule has 1 aromatic rings. The summed E-state index contributed by atoms with van der Waals surface area (Å²) in [7, 11) is 0. The van der Waals surface area contributed by atoms with E-state index in [0.29, 0.717) is 13.2 Å². The second-order valence-electron chi connectivity index (χ2n) is 4.71. The standard InChI is InChI=1S/C14H20N2O2/c1-10(6-8-15)14(17)16-12-7-9-18-13-5-3-2-4-11(12)13/h2-5,10,12H,6-9,15H2,1H3,(H,16,17). The van der Waals surface area contributed by atoms with Crippen LogP contribution in [-0.4, -0.2) is 19.1 Å². The molecule has 98 valence electrons. The molecule has 3 N–H and O–H groups in total. The van der Waals surface area contributed by atoms with Crippen LogP contribution in [-0.2, 0) is 4.79 Å². The molecule has 1 aliphatic rings. The van der Waals surface area contributed by atoms with Gasteiger partial charge in [0.15, 0.2) is 0 Å². The van der Waals surface area contributed by atoms with Crippen LogP contribution in [0.1, 0.15) is 31.4 Å². The largest absolute Gasteiger partial charge is 0.493 e. The predicted molar refractivity (Wildman–Crippen MR) is 70.3 cm³/mol. The molecular weight excluding hydrogens is 228 g/mol. The number of rotatable bonds is 4. The second-order valence-corrected chi connectivity index (χ2v) is 4.71. The highest BCUT2D eigenvalue weighted by atomic mass is 16.5. The second kappa shape index (κ2) is 5.87. The Labute approximate surface area is 108 Å². The minimum absolute atomic E-state index is 0.0370. The number of amides is 1. The number of ether oxygens (including phenoxy) is 1. The average Bonchev–Trinajstić information content (AvgIpc) is 2.39. The van der Waals surface area contributed by atoms with Crippen molar-refractivity contribution < 1.29 is 9.53 Å². The van der Waals surface area contributed by atoms with Gasteiger partial charge in [-0.15, -0.1) is 0 Å². The Bertz CT molecular complexity index is 420. The molecule has 0 aliphatic carbocycles. The summed E-state index contributed by atoms with van der Waals surface area (Å²) in [5.74, 6) is 0.910. The molecule has 1 aromatic carbocycles. The van der Waals surface area contributed by atoms with Gasteiger partial charge in [0.2, 0.25) is 5.91 Å². The molecule has 0 spiro atoms. The zero-order chi connectivity index (χ0) is 13.0.